The van der Waals surface area contributed by atoms with Gasteiger partial charge in [0.25, 0.3) is 0 Å². The number of amides is 1. The summed E-state index contributed by atoms with van der Waals surface area (Å²) in [5.74, 6) is -0.245. The Morgan fingerprint density at radius 1 is 1.25 bits per heavy atom. The fourth-order valence-electron chi connectivity index (χ4n) is 2.36. The molecular weight excluding hydrogens is 350 g/mol. The van der Waals surface area contributed by atoms with E-state index in [4.69, 9.17) is 0 Å². The molecule has 2 aromatic heterocycles. The molecule has 0 radical (unpaired) electrons. The molecule has 0 saturated carbocycles. The number of carbonyl (C=O) groups is 1. The summed E-state index contributed by atoms with van der Waals surface area (Å²) >= 11 is 0.956. The number of carbonyl (C=O) groups excluding carboxylic acids is 1. The van der Waals surface area contributed by atoms with Gasteiger partial charge >= 0.3 is 0 Å². The van der Waals surface area contributed by atoms with Crippen LogP contribution in [0.4, 0.5) is 10.3 Å². The number of hydrogen-bond donors (Lipinski definition) is 3. The van der Waals surface area contributed by atoms with E-state index in [1.165, 1.54) is 0 Å². The second kappa shape index (κ2) is 6.21. The van der Waals surface area contributed by atoms with E-state index < -0.39 is 10.0 Å². The van der Waals surface area contributed by atoms with Crippen LogP contribution in [0.15, 0.2) is 24.3 Å². The Labute approximate surface area is 142 Å². The van der Waals surface area contributed by atoms with Gasteiger partial charge in [0, 0.05) is 16.6 Å². The summed E-state index contributed by atoms with van der Waals surface area (Å²) in [6.07, 6.45) is 1.21. The Hall–Kier alpha value is -2.46. The third-order valence-electron chi connectivity index (χ3n) is 3.31. The zero-order valence-electron chi connectivity index (χ0n) is 13.0. The van der Waals surface area contributed by atoms with Crippen LogP contribution in [0.1, 0.15) is 11.3 Å². The summed E-state index contributed by atoms with van der Waals surface area (Å²) in [4.78, 5) is 15.5. The lowest BCUT2D eigenvalue weighted by Gasteiger charge is -2.02. The number of nitrogens with one attached hydrogen (secondary N) is 3. The third-order valence-corrected chi connectivity index (χ3v) is 4.76. The summed E-state index contributed by atoms with van der Waals surface area (Å²) in [6, 6.07) is 7.77. The monoisotopic (exact) mass is 365 g/mol. The Balaban J connectivity index is 1.73. The van der Waals surface area contributed by atoms with Crippen molar-refractivity contribution in [1.82, 2.24) is 15.2 Å². The summed E-state index contributed by atoms with van der Waals surface area (Å²) in [5, 5.41) is 11.4. The van der Waals surface area contributed by atoms with Gasteiger partial charge in [-0.1, -0.05) is 29.5 Å². The topological polar surface area (TPSA) is 117 Å². The molecule has 8 nitrogen and oxygen atoms in total. The summed E-state index contributed by atoms with van der Waals surface area (Å²) < 4.78 is 24.5. The number of aromatic amines is 1. The molecule has 3 N–H and O–H groups in total. The van der Waals surface area contributed by atoms with E-state index in [0.717, 1.165) is 39.8 Å². The average molecular weight is 365 g/mol. The molecule has 0 aliphatic heterocycles. The quantitative estimate of drug-likeness (QED) is 0.638. The molecule has 2 heterocycles. The number of benzene rings is 1. The maximum Gasteiger partial charge on any atom is 0.231 e. The smallest absolute Gasteiger partial charge is 0.231 e. The van der Waals surface area contributed by atoms with Crippen molar-refractivity contribution in [1.29, 1.82) is 0 Å². The second-order valence-corrected chi connectivity index (χ2v) is 8.01. The Kier molecular flexibility index (Phi) is 4.24. The molecule has 126 valence electrons. The maximum absolute atomic E-state index is 12.2. The molecule has 24 heavy (non-hydrogen) atoms. The van der Waals surface area contributed by atoms with Crippen LogP contribution in [0.3, 0.4) is 0 Å². The number of sulfonamides is 1. The van der Waals surface area contributed by atoms with Gasteiger partial charge in [-0.25, -0.2) is 8.42 Å². The normalized spacial score (nSPS) is 11.6. The first-order chi connectivity index (χ1) is 11.3. The number of nitrogens with zero attached hydrogens (tertiary/aromatic N) is 2. The van der Waals surface area contributed by atoms with Crippen LogP contribution in [-0.2, 0) is 21.2 Å². The molecular formula is C14H15N5O3S2. The molecule has 0 aliphatic carbocycles. The van der Waals surface area contributed by atoms with E-state index in [0.29, 0.717) is 0 Å². The highest BCUT2D eigenvalue weighted by molar-refractivity contribution is 7.92. The number of H-pyrrole nitrogens is 1. The van der Waals surface area contributed by atoms with Crippen molar-refractivity contribution in [2.24, 2.45) is 0 Å². The molecule has 3 aromatic rings. The van der Waals surface area contributed by atoms with Crippen LogP contribution in [0.5, 0.6) is 0 Å². The Bertz CT molecular complexity index is 1010. The van der Waals surface area contributed by atoms with E-state index in [1.54, 1.807) is 0 Å². The highest BCUT2D eigenvalue weighted by Crippen LogP contribution is 2.24. The van der Waals surface area contributed by atoms with E-state index in [9.17, 15) is 13.2 Å². The van der Waals surface area contributed by atoms with Gasteiger partial charge in [-0.2, -0.15) is 0 Å². The van der Waals surface area contributed by atoms with Crippen molar-refractivity contribution in [3.05, 3.63) is 35.5 Å². The van der Waals surface area contributed by atoms with Crippen molar-refractivity contribution in [2.75, 3.05) is 16.3 Å². The number of rotatable bonds is 5. The molecule has 3 rings (SSSR count). The molecule has 0 spiro atoms. The summed E-state index contributed by atoms with van der Waals surface area (Å²) in [5.41, 5.74) is 2.83. The molecule has 0 atom stereocenters. The fourth-order valence-corrected chi connectivity index (χ4v) is 3.85. The predicted molar refractivity (Wildman–Crippen MR) is 93.7 cm³/mol. The molecule has 0 saturated heterocycles. The molecule has 0 bridgehead atoms. The number of aromatic nitrogens is 3. The number of fused-ring (bicyclic) bond motifs is 1. The third kappa shape index (κ3) is 3.71. The Morgan fingerprint density at radius 2 is 1.96 bits per heavy atom. The summed E-state index contributed by atoms with van der Waals surface area (Å²) in [7, 11) is -3.42. The number of hydrogen-bond acceptors (Lipinski definition) is 6. The molecule has 1 amide bonds. The summed E-state index contributed by atoms with van der Waals surface area (Å²) in [6.45, 7) is 1.92. The maximum atomic E-state index is 12.2. The van der Waals surface area contributed by atoms with E-state index in [1.807, 2.05) is 31.2 Å². The minimum atomic E-state index is -3.42. The SMILES string of the molecule is Cc1[nH]c2ccccc2c1CC(=O)Nc1nnc(NS(C)(=O)=O)s1. The molecule has 0 fully saturated rings. The van der Waals surface area contributed by atoms with E-state index in [-0.39, 0.29) is 22.6 Å². The van der Waals surface area contributed by atoms with E-state index in [2.05, 4.69) is 25.2 Å². The first-order valence-corrected chi connectivity index (χ1v) is 9.70. The number of para-hydroxylation sites is 1. The highest BCUT2D eigenvalue weighted by atomic mass is 32.2. The van der Waals surface area contributed by atoms with Crippen molar-refractivity contribution in [2.45, 2.75) is 13.3 Å². The van der Waals surface area contributed by atoms with Crippen molar-refractivity contribution in [3.8, 4) is 0 Å². The van der Waals surface area contributed by atoms with Gasteiger partial charge < -0.3 is 10.3 Å². The van der Waals surface area contributed by atoms with Crippen LogP contribution in [0, 0.1) is 6.92 Å². The van der Waals surface area contributed by atoms with Gasteiger partial charge in [0.2, 0.25) is 26.2 Å². The first-order valence-electron chi connectivity index (χ1n) is 6.99. The average Bonchev–Trinajstić information content (AvgIpc) is 3.02. The number of anilines is 2. The molecule has 0 aliphatic rings. The molecule has 1 aromatic carbocycles. The molecule has 0 unspecified atom stereocenters. The minimum absolute atomic E-state index is 0.107. The van der Waals surface area contributed by atoms with Crippen molar-refractivity contribution in [3.63, 3.8) is 0 Å². The van der Waals surface area contributed by atoms with Gasteiger partial charge in [0.05, 0.1) is 12.7 Å². The van der Waals surface area contributed by atoms with E-state index >= 15 is 0 Å². The van der Waals surface area contributed by atoms with Crippen LogP contribution in [-0.4, -0.2) is 35.8 Å². The lowest BCUT2D eigenvalue weighted by atomic mass is 10.1. The van der Waals surface area contributed by atoms with Crippen LogP contribution in [0.25, 0.3) is 10.9 Å². The lowest BCUT2D eigenvalue weighted by molar-refractivity contribution is -0.115. The lowest BCUT2D eigenvalue weighted by Crippen LogP contribution is -2.14. The number of aryl methyl sites for hydroxylation is 1. The predicted octanol–water partition coefficient (Wildman–Crippen LogP) is 1.88. The van der Waals surface area contributed by atoms with Gasteiger partial charge in [-0.15, -0.1) is 10.2 Å². The van der Waals surface area contributed by atoms with Crippen LogP contribution >= 0.6 is 11.3 Å². The minimum Gasteiger partial charge on any atom is -0.358 e. The van der Waals surface area contributed by atoms with Crippen LogP contribution < -0.4 is 10.0 Å². The zero-order valence-corrected chi connectivity index (χ0v) is 14.6. The van der Waals surface area contributed by atoms with Crippen molar-refractivity contribution >= 4 is 48.4 Å². The van der Waals surface area contributed by atoms with Gasteiger partial charge in [0.1, 0.15) is 0 Å². The fraction of sp³-hybridized carbons (Fsp3) is 0.214. The Morgan fingerprint density at radius 3 is 2.71 bits per heavy atom. The van der Waals surface area contributed by atoms with Gasteiger partial charge in [-0.3, -0.25) is 9.52 Å². The largest absolute Gasteiger partial charge is 0.358 e. The highest BCUT2D eigenvalue weighted by Gasteiger charge is 2.15. The standard InChI is InChI=1S/C14H15N5O3S2/c1-8-10(9-5-3-4-6-11(9)15-8)7-12(20)16-13-17-18-14(23-13)19-24(2,21)22/h3-6,15H,7H2,1-2H3,(H,18,19)(H,16,17,20). The zero-order chi connectivity index (χ0) is 17.3. The van der Waals surface area contributed by atoms with Gasteiger partial charge in [-0.05, 0) is 18.6 Å². The van der Waals surface area contributed by atoms with Crippen LogP contribution in [0.2, 0.25) is 0 Å². The van der Waals surface area contributed by atoms with Gasteiger partial charge in [0.15, 0.2) is 0 Å². The second-order valence-electron chi connectivity index (χ2n) is 5.29. The van der Waals surface area contributed by atoms with Crippen molar-refractivity contribution < 1.29 is 13.2 Å². The molecule has 10 heteroatoms. The first kappa shape index (κ1) is 16.4.